The van der Waals surface area contributed by atoms with Gasteiger partial charge < -0.3 is 5.32 Å². The van der Waals surface area contributed by atoms with Gasteiger partial charge >= 0.3 is 0 Å². The van der Waals surface area contributed by atoms with Crippen LogP contribution in [-0.2, 0) is 6.42 Å². The molecule has 4 heteroatoms. The minimum atomic E-state index is 0.442. The predicted molar refractivity (Wildman–Crippen MR) is 69.1 cm³/mol. The monoisotopic (exact) mass is 235 g/mol. The van der Waals surface area contributed by atoms with E-state index in [1.54, 1.807) is 17.7 Å². The van der Waals surface area contributed by atoms with Gasteiger partial charge in [-0.25, -0.2) is 9.97 Å². The maximum atomic E-state index is 4.42. The zero-order valence-corrected chi connectivity index (χ0v) is 11.0. The number of likely N-dealkylation sites (N-methyl/N-ethyl adjacent to an activating group) is 1. The largest absolute Gasteiger partial charge is 0.317 e. The highest BCUT2D eigenvalue weighted by Crippen LogP contribution is 2.30. The molecule has 3 nitrogen and oxygen atoms in total. The van der Waals surface area contributed by atoms with E-state index in [0.717, 1.165) is 16.9 Å². The SMILES string of the molecule is CNC(C)Cc1ncnc2sc(C)c(C)c12. The van der Waals surface area contributed by atoms with Gasteiger partial charge in [-0.2, -0.15) is 0 Å². The third-order valence-electron chi connectivity index (χ3n) is 3.04. The molecule has 86 valence electrons. The molecule has 2 heterocycles. The molecule has 1 atom stereocenters. The fourth-order valence-corrected chi connectivity index (χ4v) is 2.82. The summed E-state index contributed by atoms with van der Waals surface area (Å²) in [6, 6.07) is 0.442. The summed E-state index contributed by atoms with van der Waals surface area (Å²) in [6.07, 6.45) is 2.63. The Kier molecular flexibility index (Phi) is 3.21. The molecule has 0 fully saturated rings. The average molecular weight is 235 g/mol. The second kappa shape index (κ2) is 4.47. The molecule has 0 radical (unpaired) electrons. The smallest absolute Gasteiger partial charge is 0.127 e. The number of hydrogen-bond donors (Lipinski definition) is 1. The van der Waals surface area contributed by atoms with E-state index in [1.807, 2.05) is 7.05 Å². The Morgan fingerprint density at radius 2 is 2.12 bits per heavy atom. The van der Waals surface area contributed by atoms with Gasteiger partial charge in [0.05, 0.1) is 5.69 Å². The Morgan fingerprint density at radius 1 is 1.38 bits per heavy atom. The number of aromatic nitrogens is 2. The van der Waals surface area contributed by atoms with Crippen LogP contribution in [0.25, 0.3) is 10.2 Å². The van der Waals surface area contributed by atoms with Crippen molar-refractivity contribution in [3.63, 3.8) is 0 Å². The lowest BCUT2D eigenvalue weighted by Gasteiger charge is -2.10. The minimum absolute atomic E-state index is 0.442. The van der Waals surface area contributed by atoms with Crippen molar-refractivity contribution in [1.82, 2.24) is 15.3 Å². The van der Waals surface area contributed by atoms with E-state index >= 15 is 0 Å². The Morgan fingerprint density at radius 3 is 2.81 bits per heavy atom. The third-order valence-corrected chi connectivity index (χ3v) is 4.15. The summed E-state index contributed by atoms with van der Waals surface area (Å²) in [5.74, 6) is 0. The van der Waals surface area contributed by atoms with Crippen LogP contribution in [0.2, 0.25) is 0 Å². The topological polar surface area (TPSA) is 37.8 Å². The highest BCUT2D eigenvalue weighted by atomic mass is 32.1. The quantitative estimate of drug-likeness (QED) is 0.888. The Balaban J connectivity index is 2.52. The molecule has 2 aromatic rings. The first-order valence-corrected chi connectivity index (χ1v) is 6.32. The van der Waals surface area contributed by atoms with Gasteiger partial charge in [-0.05, 0) is 33.4 Å². The first-order chi connectivity index (χ1) is 7.63. The third kappa shape index (κ3) is 1.95. The highest BCUT2D eigenvalue weighted by molar-refractivity contribution is 7.18. The molecule has 0 amide bonds. The van der Waals surface area contributed by atoms with Crippen LogP contribution in [0.3, 0.4) is 0 Å². The second-order valence-corrected chi connectivity index (χ2v) is 5.38. The maximum absolute atomic E-state index is 4.42. The van der Waals surface area contributed by atoms with E-state index in [1.165, 1.54) is 15.8 Å². The number of aryl methyl sites for hydroxylation is 2. The molecule has 0 bridgehead atoms. The molecule has 0 aliphatic carbocycles. The average Bonchev–Trinajstić information content (AvgIpc) is 2.56. The first-order valence-electron chi connectivity index (χ1n) is 5.50. The minimum Gasteiger partial charge on any atom is -0.317 e. The van der Waals surface area contributed by atoms with Crippen LogP contribution in [0.1, 0.15) is 23.1 Å². The fourth-order valence-electron chi connectivity index (χ4n) is 1.80. The fraction of sp³-hybridized carbons (Fsp3) is 0.500. The van der Waals surface area contributed by atoms with Gasteiger partial charge in [-0.1, -0.05) is 0 Å². The Labute approximate surface area is 99.9 Å². The standard InChI is InChI=1S/C12H17N3S/c1-7(13-4)5-10-11-8(2)9(3)16-12(11)15-6-14-10/h6-7,13H,5H2,1-4H3. The van der Waals surface area contributed by atoms with Crippen molar-refractivity contribution in [3.05, 3.63) is 22.5 Å². The molecule has 0 spiro atoms. The van der Waals surface area contributed by atoms with E-state index in [2.05, 4.69) is 36.1 Å². The summed E-state index contributed by atoms with van der Waals surface area (Å²) < 4.78 is 0. The lowest BCUT2D eigenvalue weighted by Crippen LogP contribution is -2.24. The first kappa shape index (κ1) is 11.5. The lowest BCUT2D eigenvalue weighted by atomic mass is 10.1. The van der Waals surface area contributed by atoms with Crippen LogP contribution in [-0.4, -0.2) is 23.1 Å². The molecule has 1 unspecified atom stereocenters. The molecule has 0 aliphatic heterocycles. The number of thiophene rings is 1. The molecular formula is C12H17N3S. The van der Waals surface area contributed by atoms with Crippen LogP contribution in [0, 0.1) is 13.8 Å². The molecule has 0 aromatic carbocycles. The van der Waals surface area contributed by atoms with Crippen molar-refractivity contribution in [1.29, 1.82) is 0 Å². The van der Waals surface area contributed by atoms with Crippen molar-refractivity contribution >= 4 is 21.6 Å². The van der Waals surface area contributed by atoms with E-state index in [0.29, 0.717) is 6.04 Å². The summed E-state index contributed by atoms with van der Waals surface area (Å²) in [6.45, 7) is 6.47. The van der Waals surface area contributed by atoms with Crippen molar-refractivity contribution in [3.8, 4) is 0 Å². The summed E-state index contributed by atoms with van der Waals surface area (Å²) >= 11 is 1.76. The normalized spacial score (nSPS) is 13.2. The van der Waals surface area contributed by atoms with Crippen LogP contribution < -0.4 is 5.32 Å². The van der Waals surface area contributed by atoms with Gasteiger partial charge in [0.1, 0.15) is 11.2 Å². The molecule has 2 rings (SSSR count). The molecule has 0 saturated heterocycles. The van der Waals surface area contributed by atoms with E-state index in [9.17, 15) is 0 Å². The molecule has 2 aromatic heterocycles. The molecule has 16 heavy (non-hydrogen) atoms. The zero-order valence-electron chi connectivity index (χ0n) is 10.2. The molecular weight excluding hydrogens is 218 g/mol. The molecule has 0 aliphatic rings. The number of hydrogen-bond acceptors (Lipinski definition) is 4. The molecule has 0 saturated carbocycles. The van der Waals surface area contributed by atoms with Gasteiger partial charge in [0.15, 0.2) is 0 Å². The maximum Gasteiger partial charge on any atom is 0.127 e. The van der Waals surface area contributed by atoms with Crippen LogP contribution in [0.15, 0.2) is 6.33 Å². The summed E-state index contributed by atoms with van der Waals surface area (Å²) in [7, 11) is 1.98. The van der Waals surface area contributed by atoms with E-state index in [4.69, 9.17) is 0 Å². The predicted octanol–water partition coefficient (Wildman–Crippen LogP) is 2.46. The number of fused-ring (bicyclic) bond motifs is 1. The van der Waals surface area contributed by atoms with Gasteiger partial charge in [-0.15, -0.1) is 11.3 Å². The van der Waals surface area contributed by atoms with Crippen molar-refractivity contribution in [2.24, 2.45) is 0 Å². The van der Waals surface area contributed by atoms with Crippen molar-refractivity contribution < 1.29 is 0 Å². The summed E-state index contributed by atoms with van der Waals surface area (Å²) in [4.78, 5) is 11.2. The van der Waals surface area contributed by atoms with Crippen LogP contribution in [0.4, 0.5) is 0 Å². The highest BCUT2D eigenvalue weighted by Gasteiger charge is 2.13. The van der Waals surface area contributed by atoms with Gasteiger partial charge in [-0.3, -0.25) is 0 Å². The lowest BCUT2D eigenvalue weighted by molar-refractivity contribution is 0.602. The van der Waals surface area contributed by atoms with Gasteiger partial charge in [0.2, 0.25) is 0 Å². The summed E-state index contributed by atoms with van der Waals surface area (Å²) in [5, 5.41) is 4.50. The Bertz CT molecular complexity index is 504. The van der Waals surface area contributed by atoms with Crippen LogP contribution in [0.5, 0.6) is 0 Å². The zero-order chi connectivity index (χ0) is 11.7. The van der Waals surface area contributed by atoms with E-state index < -0.39 is 0 Å². The number of nitrogens with one attached hydrogen (secondary N) is 1. The number of rotatable bonds is 3. The van der Waals surface area contributed by atoms with Crippen LogP contribution >= 0.6 is 11.3 Å². The number of nitrogens with zero attached hydrogens (tertiary/aromatic N) is 2. The van der Waals surface area contributed by atoms with Crippen molar-refractivity contribution in [2.45, 2.75) is 33.2 Å². The van der Waals surface area contributed by atoms with Gasteiger partial charge in [0, 0.05) is 22.7 Å². The Hall–Kier alpha value is -1.00. The second-order valence-electron chi connectivity index (χ2n) is 4.18. The van der Waals surface area contributed by atoms with Crippen molar-refractivity contribution in [2.75, 3.05) is 7.05 Å². The van der Waals surface area contributed by atoms with E-state index in [-0.39, 0.29) is 0 Å². The summed E-state index contributed by atoms with van der Waals surface area (Å²) in [5.41, 5.74) is 2.49. The van der Waals surface area contributed by atoms with Gasteiger partial charge in [0.25, 0.3) is 0 Å². The molecule has 1 N–H and O–H groups in total.